The molecule has 1 N–H and O–H groups in total. The van der Waals surface area contributed by atoms with Crippen LogP contribution in [-0.4, -0.2) is 24.4 Å². The lowest BCUT2D eigenvalue weighted by Crippen LogP contribution is -2.35. The molecule has 0 atom stereocenters. The third kappa shape index (κ3) is 3.30. The molecule has 1 fully saturated rings. The molecule has 2 amide bonds. The topological polar surface area (TPSA) is 88.8 Å². The fourth-order valence-corrected chi connectivity index (χ4v) is 2.37. The predicted molar refractivity (Wildman–Crippen MR) is 89.4 cm³/mol. The van der Waals surface area contributed by atoms with Gasteiger partial charge in [-0.05, 0) is 56.3 Å². The van der Waals surface area contributed by atoms with E-state index < -0.39 is 17.8 Å². The Hall–Kier alpha value is -3.35. The maximum absolute atomic E-state index is 12.5. The fraction of sp³-hybridized carbons (Fsp3) is 0.167. The van der Waals surface area contributed by atoms with Crippen LogP contribution in [0.4, 0.5) is 5.69 Å². The van der Waals surface area contributed by atoms with Gasteiger partial charge in [-0.1, -0.05) is 0 Å². The van der Waals surface area contributed by atoms with Crippen LogP contribution in [0.25, 0.3) is 6.08 Å². The van der Waals surface area contributed by atoms with E-state index in [1.165, 1.54) is 18.2 Å². The number of nitrogens with one attached hydrogen (secondary N) is 1. The number of ether oxygens (including phenoxy) is 1. The van der Waals surface area contributed by atoms with Gasteiger partial charge in [0.2, 0.25) is 0 Å². The Labute approximate surface area is 143 Å². The highest BCUT2D eigenvalue weighted by molar-refractivity contribution is 6.31. The molecule has 1 saturated heterocycles. The van der Waals surface area contributed by atoms with E-state index in [0.29, 0.717) is 22.8 Å². The molecule has 0 saturated carbocycles. The molecule has 0 bridgehead atoms. The van der Waals surface area contributed by atoms with Gasteiger partial charge in [-0.25, -0.2) is 9.80 Å². The fourth-order valence-electron chi connectivity index (χ4n) is 2.37. The van der Waals surface area contributed by atoms with Gasteiger partial charge in [-0.2, -0.15) is 0 Å². The number of nitrogens with zero attached hydrogens (tertiary/aromatic N) is 1. The molecule has 2 heterocycles. The highest BCUT2D eigenvalue weighted by atomic mass is 16.5. The largest absolute Gasteiger partial charge is 0.462 e. The Kier molecular flexibility index (Phi) is 4.38. The summed E-state index contributed by atoms with van der Waals surface area (Å²) in [5.74, 6) is -0.351. The van der Waals surface area contributed by atoms with Crippen LogP contribution in [0.15, 0.2) is 46.4 Å². The van der Waals surface area contributed by atoms with E-state index in [9.17, 15) is 14.4 Å². The number of rotatable bonds is 4. The van der Waals surface area contributed by atoms with Gasteiger partial charge in [-0.15, -0.1) is 0 Å². The van der Waals surface area contributed by atoms with Crippen LogP contribution in [0.2, 0.25) is 0 Å². The Morgan fingerprint density at radius 1 is 1.20 bits per heavy atom. The highest BCUT2D eigenvalue weighted by Crippen LogP contribution is 2.22. The van der Waals surface area contributed by atoms with Crippen LogP contribution in [0.5, 0.6) is 0 Å². The number of aryl methyl sites for hydroxylation is 1. The van der Waals surface area contributed by atoms with Gasteiger partial charge in [0.05, 0.1) is 17.9 Å². The van der Waals surface area contributed by atoms with E-state index in [4.69, 9.17) is 9.15 Å². The zero-order chi connectivity index (χ0) is 18.0. The van der Waals surface area contributed by atoms with Crippen LogP contribution >= 0.6 is 0 Å². The number of carbonyl (C=O) groups is 3. The zero-order valence-corrected chi connectivity index (χ0v) is 13.7. The van der Waals surface area contributed by atoms with Crippen molar-refractivity contribution in [3.63, 3.8) is 0 Å². The smallest absolute Gasteiger partial charge is 0.338 e. The summed E-state index contributed by atoms with van der Waals surface area (Å²) in [5.41, 5.74) is 3.27. The lowest BCUT2D eigenvalue weighted by atomic mass is 10.2. The summed E-state index contributed by atoms with van der Waals surface area (Å²) >= 11 is 0. The maximum Gasteiger partial charge on any atom is 0.338 e. The number of anilines is 1. The van der Waals surface area contributed by atoms with Gasteiger partial charge in [0.15, 0.2) is 0 Å². The molecule has 0 aliphatic carbocycles. The Balaban J connectivity index is 1.82. The SMILES string of the molecule is CCOC(=O)c1ccc(N2NC(=O)/C(=C/c3ccc(C)o3)C2=O)cc1. The highest BCUT2D eigenvalue weighted by Gasteiger charge is 2.34. The number of hydrogen-bond acceptors (Lipinski definition) is 5. The number of benzene rings is 1. The molecule has 2 aromatic rings. The number of hydrazine groups is 1. The van der Waals surface area contributed by atoms with Crippen molar-refractivity contribution < 1.29 is 23.5 Å². The minimum absolute atomic E-state index is 0.0242. The second-order valence-electron chi connectivity index (χ2n) is 5.36. The molecule has 128 valence electrons. The van der Waals surface area contributed by atoms with Crippen molar-refractivity contribution in [1.82, 2.24) is 5.43 Å². The van der Waals surface area contributed by atoms with Crippen molar-refractivity contribution in [1.29, 1.82) is 0 Å². The molecule has 7 heteroatoms. The van der Waals surface area contributed by atoms with Gasteiger partial charge in [-0.3, -0.25) is 15.0 Å². The lowest BCUT2D eigenvalue weighted by Gasteiger charge is -2.14. The first-order chi connectivity index (χ1) is 12.0. The molecule has 1 aliphatic rings. The van der Waals surface area contributed by atoms with Crippen molar-refractivity contribution in [3.8, 4) is 0 Å². The Morgan fingerprint density at radius 2 is 1.92 bits per heavy atom. The minimum atomic E-state index is -0.520. The van der Waals surface area contributed by atoms with Crippen molar-refractivity contribution in [2.75, 3.05) is 11.6 Å². The monoisotopic (exact) mass is 340 g/mol. The van der Waals surface area contributed by atoms with Crippen molar-refractivity contribution in [3.05, 3.63) is 59.1 Å². The molecule has 0 unspecified atom stereocenters. The summed E-state index contributed by atoms with van der Waals surface area (Å²) in [4.78, 5) is 36.2. The molecule has 1 aliphatic heterocycles. The predicted octanol–water partition coefficient (Wildman–Crippen LogP) is 2.23. The maximum atomic E-state index is 12.5. The molecule has 1 aromatic heterocycles. The third-order valence-corrected chi connectivity index (χ3v) is 3.58. The standard InChI is InChI=1S/C18H16N2O5/c1-3-24-18(23)12-5-7-13(8-6-12)20-17(22)15(16(21)19-20)10-14-9-4-11(2)25-14/h4-10H,3H2,1-2H3,(H,19,21)/b15-10-. The minimum Gasteiger partial charge on any atom is -0.462 e. The van der Waals surface area contributed by atoms with E-state index in [1.807, 2.05) is 0 Å². The summed E-state index contributed by atoms with van der Waals surface area (Å²) in [6.45, 7) is 3.77. The van der Waals surface area contributed by atoms with Crippen LogP contribution in [0.1, 0.15) is 28.8 Å². The Morgan fingerprint density at radius 3 is 2.52 bits per heavy atom. The van der Waals surface area contributed by atoms with E-state index in [1.54, 1.807) is 38.1 Å². The van der Waals surface area contributed by atoms with E-state index in [0.717, 1.165) is 5.01 Å². The number of carbonyl (C=O) groups excluding carboxylic acids is 3. The number of amides is 2. The second kappa shape index (κ2) is 6.64. The first-order valence-electron chi connectivity index (χ1n) is 7.70. The molecule has 0 spiro atoms. The average Bonchev–Trinajstić information content (AvgIpc) is 3.13. The van der Waals surface area contributed by atoms with E-state index in [-0.39, 0.29) is 12.2 Å². The van der Waals surface area contributed by atoms with Crippen molar-refractivity contribution in [2.45, 2.75) is 13.8 Å². The summed E-state index contributed by atoms with van der Waals surface area (Å²) in [6.07, 6.45) is 1.40. The lowest BCUT2D eigenvalue weighted by molar-refractivity contribution is -0.117. The van der Waals surface area contributed by atoms with Gasteiger partial charge in [0.1, 0.15) is 17.1 Å². The number of furan rings is 1. The van der Waals surface area contributed by atoms with E-state index >= 15 is 0 Å². The first-order valence-corrected chi connectivity index (χ1v) is 7.70. The summed E-state index contributed by atoms with van der Waals surface area (Å²) in [6, 6.07) is 9.61. The molecule has 25 heavy (non-hydrogen) atoms. The molecular formula is C18H16N2O5. The quantitative estimate of drug-likeness (QED) is 0.524. The summed E-state index contributed by atoms with van der Waals surface area (Å²) < 4.78 is 10.3. The van der Waals surface area contributed by atoms with Crippen LogP contribution < -0.4 is 10.4 Å². The molecule has 7 nitrogen and oxygen atoms in total. The number of hydrogen-bond donors (Lipinski definition) is 1. The second-order valence-corrected chi connectivity index (χ2v) is 5.36. The molecule has 0 radical (unpaired) electrons. The summed E-state index contributed by atoms with van der Waals surface area (Å²) in [5, 5.41) is 1.12. The van der Waals surface area contributed by atoms with Gasteiger partial charge in [0.25, 0.3) is 11.8 Å². The van der Waals surface area contributed by atoms with Crippen molar-refractivity contribution in [2.24, 2.45) is 0 Å². The molecule has 1 aromatic carbocycles. The third-order valence-electron chi connectivity index (χ3n) is 3.58. The average molecular weight is 340 g/mol. The zero-order valence-electron chi connectivity index (χ0n) is 13.7. The van der Waals surface area contributed by atoms with Crippen LogP contribution in [0.3, 0.4) is 0 Å². The van der Waals surface area contributed by atoms with E-state index in [2.05, 4.69) is 5.43 Å². The normalized spacial score (nSPS) is 15.6. The number of esters is 1. The van der Waals surface area contributed by atoms with Crippen LogP contribution in [-0.2, 0) is 14.3 Å². The van der Waals surface area contributed by atoms with Crippen molar-refractivity contribution >= 4 is 29.5 Å². The first kappa shape index (κ1) is 16.5. The van der Waals surface area contributed by atoms with Gasteiger partial charge < -0.3 is 9.15 Å². The van der Waals surface area contributed by atoms with Crippen LogP contribution in [0, 0.1) is 6.92 Å². The molecular weight excluding hydrogens is 324 g/mol. The van der Waals surface area contributed by atoms with Gasteiger partial charge >= 0.3 is 5.97 Å². The summed E-state index contributed by atoms with van der Waals surface area (Å²) in [7, 11) is 0. The molecule has 3 rings (SSSR count). The van der Waals surface area contributed by atoms with Gasteiger partial charge in [0, 0.05) is 0 Å². The Bertz CT molecular complexity index is 864.